The number of carbonyl (C=O) groups excluding carboxylic acids is 1. The molecule has 0 fully saturated rings. The Kier molecular flexibility index (Phi) is 4.12. The third-order valence-corrected chi connectivity index (χ3v) is 3.24. The molecule has 0 radical (unpaired) electrons. The molecule has 0 saturated carbocycles. The highest BCUT2D eigenvalue weighted by atomic mass is 127. The van der Waals surface area contributed by atoms with Gasteiger partial charge in [0, 0.05) is 10.6 Å². The number of ketones is 1. The molecule has 0 atom stereocenters. The van der Waals surface area contributed by atoms with E-state index in [0.29, 0.717) is 9.13 Å². The second-order valence-electron chi connectivity index (χ2n) is 2.31. The summed E-state index contributed by atoms with van der Waals surface area (Å²) in [6.45, 7) is 0. The van der Waals surface area contributed by atoms with Gasteiger partial charge in [0.05, 0.1) is 8.90 Å². The Morgan fingerprint density at radius 1 is 1.62 bits per heavy atom. The quantitative estimate of drug-likeness (QED) is 0.333. The number of Topliss-reactive ketones (excluding diaryl/α,β-unsaturated/α-hetero) is 1. The number of halogens is 4. The highest BCUT2D eigenvalue weighted by Gasteiger charge is 2.13. The maximum Gasteiger partial charge on any atom is 0.174 e. The molecule has 0 spiro atoms. The zero-order valence-electron chi connectivity index (χ0n) is 6.28. The number of rotatable bonds is 2. The molecule has 1 rings (SSSR count). The van der Waals surface area contributed by atoms with Gasteiger partial charge >= 0.3 is 0 Å². The van der Waals surface area contributed by atoms with Crippen LogP contribution in [-0.2, 0) is 0 Å². The first-order chi connectivity index (χ1) is 6.06. The predicted molar refractivity (Wildman–Crippen MR) is 62.3 cm³/mol. The Morgan fingerprint density at radius 2 is 2.23 bits per heavy atom. The summed E-state index contributed by atoms with van der Waals surface area (Å²) in [7, 11) is 0. The number of benzene rings is 1. The summed E-state index contributed by atoms with van der Waals surface area (Å²) in [4.78, 5) is 11.3. The summed E-state index contributed by atoms with van der Waals surface area (Å²) in [5.74, 6) is -0.636. The highest BCUT2D eigenvalue weighted by molar-refractivity contribution is 14.1. The van der Waals surface area contributed by atoms with E-state index in [1.165, 1.54) is 12.1 Å². The maximum absolute atomic E-state index is 13.1. The van der Waals surface area contributed by atoms with Crippen LogP contribution < -0.4 is 0 Å². The van der Waals surface area contributed by atoms with Crippen LogP contribution in [0.5, 0.6) is 0 Å². The Bertz CT molecular complexity index is 356. The molecule has 13 heavy (non-hydrogen) atoms. The average molecular weight is 377 g/mol. The van der Waals surface area contributed by atoms with Crippen LogP contribution in [0, 0.1) is 9.39 Å². The van der Waals surface area contributed by atoms with Gasteiger partial charge in [-0.05, 0) is 34.7 Å². The fraction of sp³-hybridized carbons (Fsp3) is 0.125. The van der Waals surface area contributed by atoms with Crippen molar-refractivity contribution in [3.63, 3.8) is 0 Å². The van der Waals surface area contributed by atoms with Crippen LogP contribution in [0.3, 0.4) is 0 Å². The van der Waals surface area contributed by atoms with Crippen LogP contribution in [0.4, 0.5) is 4.39 Å². The summed E-state index contributed by atoms with van der Waals surface area (Å²) < 4.78 is 13.4. The Morgan fingerprint density at radius 3 is 2.77 bits per heavy atom. The zero-order valence-corrected chi connectivity index (χ0v) is 10.8. The first-order valence-corrected chi connectivity index (χ1v) is 5.87. The van der Waals surface area contributed by atoms with E-state index in [1.54, 1.807) is 22.6 Å². The van der Waals surface area contributed by atoms with Crippen LogP contribution in [0.15, 0.2) is 12.1 Å². The summed E-state index contributed by atoms with van der Waals surface area (Å²) >= 11 is 10.4. The SMILES string of the molecule is O=C(CBr)c1cc(Cl)cc(F)c1I. The van der Waals surface area contributed by atoms with Gasteiger partial charge in [0.2, 0.25) is 0 Å². The van der Waals surface area contributed by atoms with E-state index >= 15 is 0 Å². The third kappa shape index (κ3) is 2.63. The topological polar surface area (TPSA) is 17.1 Å². The van der Waals surface area contributed by atoms with Gasteiger partial charge in [-0.25, -0.2) is 4.39 Å². The molecule has 0 amide bonds. The first-order valence-electron chi connectivity index (χ1n) is 3.30. The smallest absolute Gasteiger partial charge is 0.174 e. The Hall–Kier alpha value is 0.320. The van der Waals surface area contributed by atoms with Crippen molar-refractivity contribution < 1.29 is 9.18 Å². The molecule has 70 valence electrons. The van der Waals surface area contributed by atoms with Crippen molar-refractivity contribution in [3.05, 3.63) is 32.1 Å². The largest absolute Gasteiger partial charge is 0.293 e. The minimum absolute atomic E-state index is 0.169. The van der Waals surface area contributed by atoms with Gasteiger partial charge in [-0.15, -0.1) is 0 Å². The lowest BCUT2D eigenvalue weighted by molar-refractivity contribution is 0.102. The molecule has 0 saturated heterocycles. The van der Waals surface area contributed by atoms with Crippen molar-refractivity contribution in [2.24, 2.45) is 0 Å². The standard InChI is InChI=1S/C8H4BrClFIO/c9-3-7(13)5-1-4(10)2-6(11)8(5)12/h1-2H,3H2. The molecule has 1 aromatic carbocycles. The highest BCUT2D eigenvalue weighted by Crippen LogP contribution is 2.22. The molecule has 1 aromatic rings. The molecule has 1 nitrogen and oxygen atoms in total. The van der Waals surface area contributed by atoms with Crippen LogP contribution in [0.25, 0.3) is 0 Å². The summed E-state index contributed by atoms with van der Waals surface area (Å²) in [6.07, 6.45) is 0. The molecule has 0 unspecified atom stereocenters. The molecule has 0 aromatic heterocycles. The van der Waals surface area contributed by atoms with Crippen molar-refractivity contribution in [1.82, 2.24) is 0 Å². The van der Waals surface area contributed by atoms with Gasteiger partial charge in [-0.3, -0.25) is 4.79 Å². The lowest BCUT2D eigenvalue weighted by atomic mass is 10.1. The second kappa shape index (κ2) is 4.70. The van der Waals surface area contributed by atoms with E-state index in [1.807, 2.05) is 0 Å². The van der Waals surface area contributed by atoms with Crippen molar-refractivity contribution in [3.8, 4) is 0 Å². The molecular weight excluding hydrogens is 373 g/mol. The van der Waals surface area contributed by atoms with E-state index < -0.39 is 5.82 Å². The van der Waals surface area contributed by atoms with Gasteiger partial charge in [-0.2, -0.15) is 0 Å². The van der Waals surface area contributed by atoms with E-state index in [9.17, 15) is 9.18 Å². The van der Waals surface area contributed by atoms with Crippen LogP contribution in [0.1, 0.15) is 10.4 Å². The number of hydrogen-bond donors (Lipinski definition) is 0. The molecule has 0 aliphatic heterocycles. The van der Waals surface area contributed by atoms with Gasteiger partial charge in [-0.1, -0.05) is 27.5 Å². The van der Waals surface area contributed by atoms with E-state index in [-0.39, 0.29) is 16.1 Å². The molecule has 0 aliphatic carbocycles. The lowest BCUT2D eigenvalue weighted by Gasteiger charge is -2.03. The maximum atomic E-state index is 13.1. The van der Waals surface area contributed by atoms with Crippen LogP contribution in [-0.4, -0.2) is 11.1 Å². The molecular formula is C8H4BrClFIO. The lowest BCUT2D eigenvalue weighted by Crippen LogP contribution is -2.04. The molecule has 5 heteroatoms. The minimum atomic E-state index is -0.461. The second-order valence-corrected chi connectivity index (χ2v) is 4.38. The molecule has 0 heterocycles. The molecule has 0 aliphatic rings. The number of hydrogen-bond acceptors (Lipinski definition) is 1. The fourth-order valence-electron chi connectivity index (χ4n) is 0.831. The van der Waals surface area contributed by atoms with Gasteiger partial charge in [0.15, 0.2) is 5.78 Å². The van der Waals surface area contributed by atoms with E-state index in [4.69, 9.17) is 11.6 Å². The minimum Gasteiger partial charge on any atom is -0.293 e. The fourth-order valence-corrected chi connectivity index (χ4v) is 1.95. The summed E-state index contributed by atoms with van der Waals surface area (Å²) in [5, 5.41) is 0.408. The van der Waals surface area contributed by atoms with Gasteiger partial charge in [0.25, 0.3) is 0 Å². The van der Waals surface area contributed by atoms with Crippen molar-refractivity contribution in [2.45, 2.75) is 0 Å². The molecule has 0 bridgehead atoms. The van der Waals surface area contributed by atoms with E-state index in [0.717, 1.165) is 0 Å². The van der Waals surface area contributed by atoms with Crippen LogP contribution in [0.2, 0.25) is 5.02 Å². The Labute approximate surface area is 102 Å². The van der Waals surface area contributed by atoms with Crippen molar-refractivity contribution in [1.29, 1.82) is 0 Å². The number of alkyl halides is 1. The predicted octanol–water partition coefficient (Wildman–Crippen LogP) is 3.66. The van der Waals surface area contributed by atoms with E-state index in [2.05, 4.69) is 15.9 Å². The van der Waals surface area contributed by atoms with Crippen molar-refractivity contribution >= 4 is 55.9 Å². The van der Waals surface area contributed by atoms with Crippen molar-refractivity contribution in [2.75, 3.05) is 5.33 Å². The zero-order chi connectivity index (χ0) is 10.0. The first kappa shape index (κ1) is 11.4. The summed E-state index contributed by atoms with van der Waals surface area (Å²) in [5.41, 5.74) is 0.322. The molecule has 0 N–H and O–H groups in total. The third-order valence-electron chi connectivity index (χ3n) is 1.41. The van der Waals surface area contributed by atoms with Crippen LogP contribution >= 0.6 is 50.1 Å². The van der Waals surface area contributed by atoms with Gasteiger partial charge in [0.1, 0.15) is 5.82 Å². The number of carbonyl (C=O) groups is 1. The Balaban J connectivity index is 3.28. The van der Waals surface area contributed by atoms with Gasteiger partial charge < -0.3 is 0 Å². The summed E-state index contributed by atoms with van der Waals surface area (Å²) in [6, 6.07) is 2.66. The average Bonchev–Trinajstić information content (AvgIpc) is 2.10. The monoisotopic (exact) mass is 376 g/mol. The normalized spacial score (nSPS) is 10.2.